The maximum absolute atomic E-state index is 11.8. The molecule has 0 aliphatic heterocycles. The fourth-order valence-corrected chi connectivity index (χ4v) is 2.79. The second kappa shape index (κ2) is 8.14. The van der Waals surface area contributed by atoms with Gasteiger partial charge in [0.25, 0.3) is 10.1 Å². The molecule has 1 aliphatic carbocycles. The first kappa shape index (κ1) is 18.4. The third-order valence-corrected chi connectivity index (χ3v) is 4.22. The number of hydrogen-bond acceptors (Lipinski definition) is 3. The van der Waals surface area contributed by atoms with E-state index in [-0.39, 0.29) is 48.0 Å². The van der Waals surface area contributed by atoms with Crippen LogP contribution in [0.4, 0.5) is 10.5 Å². The maximum Gasteiger partial charge on any atom is 1.00 e. The number of anilines is 1. The van der Waals surface area contributed by atoms with Crippen molar-refractivity contribution in [1.82, 2.24) is 5.32 Å². The molecule has 0 heterocycles. The van der Waals surface area contributed by atoms with E-state index in [4.69, 9.17) is 4.55 Å². The van der Waals surface area contributed by atoms with E-state index in [1.54, 1.807) is 0 Å². The first-order chi connectivity index (χ1) is 9.45. The van der Waals surface area contributed by atoms with Crippen LogP contribution in [-0.2, 0) is 10.1 Å². The molecule has 1 fully saturated rings. The monoisotopic (exact) mass is 322 g/mol. The van der Waals surface area contributed by atoms with Crippen molar-refractivity contribution in [1.29, 1.82) is 0 Å². The third kappa shape index (κ3) is 5.96. The smallest absolute Gasteiger partial charge is 1.00 e. The molecule has 0 unspecified atom stereocenters. The molecule has 21 heavy (non-hydrogen) atoms. The fraction of sp³-hybridized carbons (Fsp3) is 0.462. The summed E-state index contributed by atoms with van der Waals surface area (Å²) in [6, 6.07) is 5.27. The van der Waals surface area contributed by atoms with E-state index in [0.717, 1.165) is 25.7 Å². The van der Waals surface area contributed by atoms with Crippen LogP contribution in [0.2, 0.25) is 0 Å². The second-order valence-corrected chi connectivity index (χ2v) is 6.35. The zero-order valence-corrected chi connectivity index (χ0v) is 14.8. The normalized spacial score (nSPS) is 15.9. The predicted molar refractivity (Wildman–Crippen MR) is 76.4 cm³/mol. The molecule has 6 nitrogen and oxygen atoms in total. The number of urea groups is 1. The maximum atomic E-state index is 11.8. The molecule has 1 aromatic rings. The van der Waals surface area contributed by atoms with Gasteiger partial charge in [-0.2, -0.15) is 8.42 Å². The number of amides is 2. The molecule has 3 N–H and O–H groups in total. The van der Waals surface area contributed by atoms with E-state index in [9.17, 15) is 13.2 Å². The summed E-state index contributed by atoms with van der Waals surface area (Å²) in [4.78, 5) is 11.6. The van der Waals surface area contributed by atoms with E-state index < -0.39 is 10.1 Å². The molecule has 0 spiro atoms. The molecule has 8 heteroatoms. The molecule has 0 bridgehead atoms. The Kier molecular flexibility index (Phi) is 7.15. The minimum atomic E-state index is -4.20. The predicted octanol–water partition coefficient (Wildman–Crippen LogP) is -0.496. The Morgan fingerprint density at radius 3 is 2.24 bits per heavy atom. The van der Waals surface area contributed by atoms with Gasteiger partial charge >= 0.3 is 35.6 Å². The number of nitrogens with one attached hydrogen (secondary N) is 2. The molecule has 1 saturated carbocycles. The first-order valence-electron chi connectivity index (χ1n) is 6.60. The minimum absolute atomic E-state index is 0. The molecule has 1 aromatic carbocycles. The van der Waals surface area contributed by atoms with Crippen molar-refractivity contribution in [2.24, 2.45) is 0 Å². The molecule has 0 atom stereocenters. The van der Waals surface area contributed by atoms with Gasteiger partial charge in [-0.3, -0.25) is 4.55 Å². The molecule has 2 rings (SSSR count). The third-order valence-electron chi connectivity index (χ3n) is 3.35. The minimum Gasteiger partial charge on any atom is -1.00 e. The van der Waals surface area contributed by atoms with Gasteiger partial charge in [-0.15, -0.1) is 0 Å². The molecule has 0 aromatic heterocycles. The van der Waals surface area contributed by atoms with Crippen molar-refractivity contribution in [3.8, 4) is 0 Å². The van der Waals surface area contributed by atoms with Crippen molar-refractivity contribution in [3.63, 3.8) is 0 Å². The van der Waals surface area contributed by atoms with Crippen LogP contribution >= 0.6 is 0 Å². The summed E-state index contributed by atoms with van der Waals surface area (Å²) in [5, 5.41) is 5.54. The van der Waals surface area contributed by atoms with Crippen LogP contribution in [0.5, 0.6) is 0 Å². The zero-order valence-electron chi connectivity index (χ0n) is 13.0. The standard InChI is InChI=1S/C13H18N2O4S.Na.H/c16-13(14-10-4-2-1-3-5-10)15-11-6-8-12(9-7-11)20(17,18)19;;/h6-10H,1-5H2,(H2,14,15,16)(H,17,18,19);;/q;+1;-1. The van der Waals surface area contributed by atoms with Crippen LogP contribution in [0.15, 0.2) is 29.2 Å². The summed E-state index contributed by atoms with van der Waals surface area (Å²) in [7, 11) is -4.20. The number of benzene rings is 1. The van der Waals surface area contributed by atoms with Gasteiger partial charge in [0.05, 0.1) is 4.90 Å². The number of hydrogen-bond donors (Lipinski definition) is 3. The molecule has 0 saturated heterocycles. The van der Waals surface area contributed by atoms with Gasteiger partial charge in [-0.1, -0.05) is 19.3 Å². The van der Waals surface area contributed by atoms with Gasteiger partial charge in [0.1, 0.15) is 0 Å². The van der Waals surface area contributed by atoms with Crippen molar-refractivity contribution in [2.45, 2.75) is 43.0 Å². The Labute approximate surface area is 148 Å². The summed E-state index contributed by atoms with van der Waals surface area (Å²) in [6.07, 6.45) is 5.48. The van der Waals surface area contributed by atoms with Crippen LogP contribution < -0.4 is 40.2 Å². The van der Waals surface area contributed by atoms with Crippen molar-refractivity contribution < 1.29 is 48.7 Å². The number of carbonyl (C=O) groups excluding carboxylic acids is 1. The van der Waals surface area contributed by atoms with Crippen molar-refractivity contribution >= 4 is 21.8 Å². The van der Waals surface area contributed by atoms with Gasteiger partial charge in [-0.25, -0.2) is 4.79 Å². The van der Waals surface area contributed by atoms with E-state index in [1.807, 2.05) is 0 Å². The Morgan fingerprint density at radius 1 is 1.14 bits per heavy atom. The SMILES string of the molecule is O=C(Nc1ccc(S(=O)(=O)O)cc1)NC1CCCCC1.[H-].[Na+]. The topological polar surface area (TPSA) is 95.5 Å². The molecule has 2 amide bonds. The van der Waals surface area contributed by atoms with Crippen LogP contribution in [0.25, 0.3) is 0 Å². The van der Waals surface area contributed by atoms with Gasteiger partial charge in [-0.05, 0) is 37.1 Å². The molecular formula is C13H19N2NaO4S. The Morgan fingerprint density at radius 2 is 1.71 bits per heavy atom. The molecule has 112 valence electrons. The molecule has 0 radical (unpaired) electrons. The number of carbonyl (C=O) groups is 1. The van der Waals surface area contributed by atoms with Gasteiger partial charge < -0.3 is 12.1 Å². The van der Waals surface area contributed by atoms with E-state index in [0.29, 0.717) is 5.69 Å². The van der Waals surface area contributed by atoms with Gasteiger partial charge in [0.2, 0.25) is 0 Å². The van der Waals surface area contributed by atoms with Gasteiger partial charge in [0.15, 0.2) is 0 Å². The second-order valence-electron chi connectivity index (χ2n) is 4.93. The van der Waals surface area contributed by atoms with E-state index >= 15 is 0 Å². The summed E-state index contributed by atoms with van der Waals surface area (Å²) in [5.74, 6) is 0. The quantitative estimate of drug-likeness (QED) is 0.517. The van der Waals surface area contributed by atoms with E-state index in [2.05, 4.69) is 10.6 Å². The van der Waals surface area contributed by atoms with Crippen molar-refractivity contribution in [3.05, 3.63) is 24.3 Å². The van der Waals surface area contributed by atoms with E-state index in [1.165, 1.54) is 30.7 Å². The number of rotatable bonds is 3. The Balaban J connectivity index is 0.00000220. The largest absolute Gasteiger partial charge is 1.00 e. The van der Waals surface area contributed by atoms with Crippen LogP contribution in [-0.4, -0.2) is 25.0 Å². The first-order valence-corrected chi connectivity index (χ1v) is 8.04. The van der Waals surface area contributed by atoms with Crippen LogP contribution in [0.3, 0.4) is 0 Å². The van der Waals surface area contributed by atoms with Crippen molar-refractivity contribution in [2.75, 3.05) is 5.32 Å². The fourth-order valence-electron chi connectivity index (χ4n) is 2.31. The average molecular weight is 322 g/mol. The van der Waals surface area contributed by atoms with Crippen LogP contribution in [0, 0.1) is 0 Å². The Bertz CT molecular complexity index is 574. The summed E-state index contributed by atoms with van der Waals surface area (Å²) >= 11 is 0. The zero-order chi connectivity index (χ0) is 14.6. The summed E-state index contributed by atoms with van der Waals surface area (Å²) < 4.78 is 30.6. The average Bonchev–Trinajstić information content (AvgIpc) is 2.39. The summed E-state index contributed by atoms with van der Waals surface area (Å²) in [6.45, 7) is 0. The van der Waals surface area contributed by atoms with Gasteiger partial charge in [0, 0.05) is 11.7 Å². The molecule has 1 aliphatic rings. The molecular weight excluding hydrogens is 303 g/mol. The summed E-state index contributed by atoms with van der Waals surface area (Å²) in [5.41, 5.74) is 0.478. The Hall–Kier alpha value is -0.600. The van der Waals surface area contributed by atoms with Crippen LogP contribution in [0.1, 0.15) is 33.5 Å².